The number of carbonyl (C=O) groups excluding carboxylic acids is 2. The fraction of sp³-hybridized carbons (Fsp3) is 0.895. The van der Waals surface area contributed by atoms with Crippen LogP contribution in [-0.2, 0) is 24.2 Å². The summed E-state index contributed by atoms with van der Waals surface area (Å²) in [6.07, 6.45) is 1.11. The van der Waals surface area contributed by atoms with Gasteiger partial charge in [-0.2, -0.15) is 0 Å². The Labute approximate surface area is 191 Å². The number of carbonyl (C=O) groups is 2. The minimum Gasteiger partial charge on any atom is -0.289 e. The second-order valence-corrected chi connectivity index (χ2v) is 15.4. The van der Waals surface area contributed by atoms with Gasteiger partial charge in [-0.25, -0.2) is 13.1 Å². The highest BCUT2D eigenvalue weighted by Crippen LogP contribution is 2.35. The molecule has 31 heavy (non-hydrogen) atoms. The van der Waals surface area contributed by atoms with Crippen molar-refractivity contribution in [1.29, 1.82) is 0 Å². The zero-order valence-corrected chi connectivity index (χ0v) is 22.0. The second kappa shape index (κ2) is 12.7. The summed E-state index contributed by atoms with van der Waals surface area (Å²) in [5, 5.41) is 5.33. The third kappa shape index (κ3) is 9.92. The summed E-state index contributed by atoms with van der Waals surface area (Å²) in [6.45, 7) is 12.1. The Morgan fingerprint density at radius 3 is 2.23 bits per heavy atom. The van der Waals surface area contributed by atoms with Crippen molar-refractivity contribution in [2.24, 2.45) is 5.92 Å². The number of sulfonamides is 1. The highest BCUT2D eigenvalue weighted by molar-refractivity contribution is 8.01. The Morgan fingerprint density at radius 1 is 1.06 bits per heavy atom. The van der Waals surface area contributed by atoms with Crippen LogP contribution in [0.15, 0.2) is 0 Å². The molecule has 0 radical (unpaired) electrons. The van der Waals surface area contributed by atoms with Crippen LogP contribution in [0.5, 0.6) is 0 Å². The van der Waals surface area contributed by atoms with E-state index in [0.29, 0.717) is 12.5 Å². The molecule has 2 atom stereocenters. The first-order valence-electron chi connectivity index (χ1n) is 10.8. The topological polar surface area (TPSA) is 125 Å². The Kier molecular flexibility index (Phi) is 11.7. The molecular formula is C19H39N4O5PS2. The Balaban J connectivity index is 2.67. The zero-order chi connectivity index (χ0) is 23.8. The first-order chi connectivity index (χ1) is 14.3. The van der Waals surface area contributed by atoms with Crippen LogP contribution in [0, 0.1) is 5.92 Å². The molecule has 12 heteroatoms. The van der Waals surface area contributed by atoms with E-state index in [9.17, 15) is 22.6 Å². The van der Waals surface area contributed by atoms with Crippen molar-refractivity contribution >= 4 is 41.0 Å². The fourth-order valence-corrected chi connectivity index (χ4v) is 6.74. The van der Waals surface area contributed by atoms with Crippen LogP contribution in [0.1, 0.15) is 54.4 Å². The van der Waals surface area contributed by atoms with Crippen LogP contribution >= 0.6 is 19.2 Å². The molecule has 182 valence electrons. The molecule has 1 aliphatic rings. The first kappa shape index (κ1) is 28.6. The lowest BCUT2D eigenvalue weighted by Crippen LogP contribution is -2.39. The van der Waals surface area contributed by atoms with Gasteiger partial charge in [-0.1, -0.05) is 27.7 Å². The van der Waals surface area contributed by atoms with Crippen LogP contribution < -0.4 is 14.9 Å². The lowest BCUT2D eigenvalue weighted by molar-refractivity contribution is -0.138. The van der Waals surface area contributed by atoms with E-state index in [-0.39, 0.29) is 54.5 Å². The van der Waals surface area contributed by atoms with Gasteiger partial charge >= 0.3 is 0 Å². The van der Waals surface area contributed by atoms with Crippen LogP contribution in [0.4, 0.5) is 0 Å². The molecule has 1 rings (SSSR count). The molecule has 0 saturated carbocycles. The van der Waals surface area contributed by atoms with Crippen LogP contribution in [-0.4, -0.2) is 73.2 Å². The van der Waals surface area contributed by atoms with Gasteiger partial charge in [0.2, 0.25) is 29.3 Å². The summed E-state index contributed by atoms with van der Waals surface area (Å²) in [5.41, 5.74) is 0. The Bertz CT molecular complexity index is 758. The maximum Gasteiger partial charge on any atom is 0.242 e. The average Bonchev–Trinajstić information content (AvgIpc) is 2.87. The van der Waals surface area contributed by atoms with Crippen molar-refractivity contribution in [1.82, 2.24) is 19.8 Å². The molecule has 1 fully saturated rings. The van der Waals surface area contributed by atoms with Gasteiger partial charge in [-0.05, 0) is 31.4 Å². The van der Waals surface area contributed by atoms with Gasteiger partial charge < -0.3 is 0 Å². The molecule has 0 aromatic rings. The second-order valence-electron chi connectivity index (χ2n) is 8.71. The van der Waals surface area contributed by atoms with Crippen molar-refractivity contribution < 1.29 is 22.6 Å². The van der Waals surface area contributed by atoms with E-state index in [2.05, 4.69) is 28.7 Å². The summed E-state index contributed by atoms with van der Waals surface area (Å²) in [4.78, 5) is 26.0. The maximum atomic E-state index is 13.3. The standard InChI is InChI=1S/C19H39N4O5PS2/c1-14(2)7-8-20-29(26,12-10-22-31(27,28)16(5)6)21-9-11-23-18(24)13-17(19(23)25)30-15(3)4/h14-17,22H,7-13H2,1-6H3,(H2,20,21,26). The van der Waals surface area contributed by atoms with Gasteiger partial charge in [0, 0.05) is 38.8 Å². The molecule has 0 bridgehead atoms. The van der Waals surface area contributed by atoms with E-state index in [1.807, 2.05) is 13.8 Å². The molecule has 0 aliphatic carbocycles. The molecule has 3 N–H and O–H groups in total. The van der Waals surface area contributed by atoms with Crippen LogP contribution in [0.2, 0.25) is 0 Å². The summed E-state index contributed by atoms with van der Waals surface area (Å²) in [6, 6.07) is 0. The first-order valence-corrected chi connectivity index (χ1v) is 15.2. The molecule has 0 aromatic carbocycles. The largest absolute Gasteiger partial charge is 0.289 e. The van der Waals surface area contributed by atoms with E-state index in [1.54, 1.807) is 13.8 Å². The Hall–Kier alpha value is -0.450. The number of rotatable bonds is 15. The van der Waals surface area contributed by atoms with Crippen molar-refractivity contribution in [2.45, 2.75) is 70.1 Å². The predicted molar refractivity (Wildman–Crippen MR) is 128 cm³/mol. The number of amides is 2. The number of likely N-dealkylation sites (tertiary alicyclic amines) is 1. The quantitative estimate of drug-likeness (QED) is 0.231. The number of hydrogen-bond acceptors (Lipinski definition) is 6. The fourth-order valence-electron chi connectivity index (χ4n) is 2.92. The third-order valence-electron chi connectivity index (χ3n) is 4.78. The zero-order valence-electron chi connectivity index (χ0n) is 19.5. The highest BCUT2D eigenvalue weighted by Gasteiger charge is 2.39. The van der Waals surface area contributed by atoms with Gasteiger partial charge in [-0.3, -0.25) is 29.2 Å². The maximum absolute atomic E-state index is 13.3. The normalized spacial score (nSPS) is 19.8. The van der Waals surface area contributed by atoms with Gasteiger partial charge in [0.1, 0.15) is 0 Å². The number of nitrogens with one attached hydrogen (secondary N) is 3. The van der Waals surface area contributed by atoms with Crippen molar-refractivity contribution in [2.75, 3.05) is 32.3 Å². The SMILES string of the molecule is CC(C)CCNP(=O)(CCNS(=O)(=O)C(C)C)NCCN1C(=O)CC(SC(C)C)C1=O. The third-order valence-corrected chi connectivity index (χ3v) is 10.2. The van der Waals surface area contributed by atoms with Crippen LogP contribution in [0.3, 0.4) is 0 Å². The minimum absolute atomic E-state index is 0.0359. The van der Waals surface area contributed by atoms with Gasteiger partial charge in [0.05, 0.1) is 10.5 Å². The molecule has 9 nitrogen and oxygen atoms in total. The van der Waals surface area contributed by atoms with Crippen molar-refractivity contribution in [3.8, 4) is 0 Å². The number of thioether (sulfide) groups is 1. The lowest BCUT2D eigenvalue weighted by atomic mass is 10.1. The molecule has 0 spiro atoms. The number of hydrogen-bond donors (Lipinski definition) is 3. The highest BCUT2D eigenvalue weighted by atomic mass is 32.2. The Morgan fingerprint density at radius 2 is 1.68 bits per heavy atom. The molecule has 0 aromatic heterocycles. The molecule has 1 aliphatic heterocycles. The molecule has 1 saturated heterocycles. The average molecular weight is 499 g/mol. The van der Waals surface area contributed by atoms with E-state index in [4.69, 9.17) is 0 Å². The summed E-state index contributed by atoms with van der Waals surface area (Å²) in [5.74, 6) is 0.0191. The van der Waals surface area contributed by atoms with E-state index in [0.717, 1.165) is 6.42 Å². The monoisotopic (exact) mass is 498 g/mol. The predicted octanol–water partition coefficient (Wildman–Crippen LogP) is 2.00. The van der Waals surface area contributed by atoms with Crippen molar-refractivity contribution in [3.05, 3.63) is 0 Å². The van der Waals surface area contributed by atoms with Crippen molar-refractivity contribution in [3.63, 3.8) is 0 Å². The van der Waals surface area contributed by atoms with Gasteiger partial charge in [0.25, 0.3) is 0 Å². The van der Waals surface area contributed by atoms with E-state index >= 15 is 0 Å². The molecule has 1 heterocycles. The lowest BCUT2D eigenvalue weighted by Gasteiger charge is -2.23. The van der Waals surface area contributed by atoms with E-state index in [1.165, 1.54) is 16.7 Å². The number of imide groups is 1. The van der Waals surface area contributed by atoms with E-state index < -0.39 is 22.7 Å². The summed E-state index contributed by atoms with van der Waals surface area (Å²) >= 11 is 1.48. The van der Waals surface area contributed by atoms with Crippen LogP contribution in [0.25, 0.3) is 0 Å². The molecule has 2 unspecified atom stereocenters. The minimum atomic E-state index is -3.45. The smallest absolute Gasteiger partial charge is 0.242 e. The summed E-state index contributed by atoms with van der Waals surface area (Å²) in [7, 11) is -6.55. The van der Waals surface area contributed by atoms with Gasteiger partial charge in [0.15, 0.2) is 0 Å². The molecular weight excluding hydrogens is 459 g/mol. The summed E-state index contributed by atoms with van der Waals surface area (Å²) < 4.78 is 39.8. The van der Waals surface area contributed by atoms with Gasteiger partial charge in [-0.15, -0.1) is 11.8 Å². The molecule has 2 amide bonds. The number of nitrogens with zero attached hydrogens (tertiary/aromatic N) is 1.